The van der Waals surface area contributed by atoms with Crippen LogP contribution in [-0.4, -0.2) is 37.6 Å². The van der Waals surface area contributed by atoms with Gasteiger partial charge in [-0.05, 0) is 48.7 Å². The van der Waals surface area contributed by atoms with Crippen LogP contribution in [0.5, 0.6) is 0 Å². The first kappa shape index (κ1) is 23.4. The number of benzene rings is 2. The van der Waals surface area contributed by atoms with Crippen LogP contribution < -0.4 is 10.6 Å². The number of halogens is 1. The van der Waals surface area contributed by atoms with Gasteiger partial charge in [0.2, 0.25) is 0 Å². The smallest absolute Gasteiger partial charge is 0.305 e. The summed E-state index contributed by atoms with van der Waals surface area (Å²) in [7, 11) is 5.31. The lowest BCUT2D eigenvalue weighted by Gasteiger charge is -2.15. The van der Waals surface area contributed by atoms with E-state index in [0.29, 0.717) is 23.6 Å². The van der Waals surface area contributed by atoms with Crippen LogP contribution in [0.15, 0.2) is 48.5 Å². The molecule has 32 heavy (non-hydrogen) atoms. The minimum absolute atomic E-state index is 0.191. The lowest BCUT2D eigenvalue weighted by Crippen LogP contribution is -2.13. The molecular weight excluding hydrogens is 426 g/mol. The third-order valence-electron chi connectivity index (χ3n) is 5.57. The molecule has 7 heteroatoms. The van der Waals surface area contributed by atoms with Crippen molar-refractivity contribution >= 4 is 29.2 Å². The van der Waals surface area contributed by atoms with Gasteiger partial charge in [-0.3, -0.25) is 9.59 Å². The molecule has 3 aromatic rings. The van der Waals surface area contributed by atoms with Gasteiger partial charge in [0.25, 0.3) is 5.91 Å². The van der Waals surface area contributed by atoms with Gasteiger partial charge < -0.3 is 19.9 Å². The SMILES string of the molecule is COC(=O)CCc1c(-c2ccc(N(C)C)cc2)c(C(N)=O)c(C)n1Cc1cccc(Cl)c1. The third kappa shape index (κ3) is 4.97. The Morgan fingerprint density at radius 3 is 2.38 bits per heavy atom. The van der Waals surface area contributed by atoms with Crippen LogP contribution in [-0.2, 0) is 22.5 Å². The van der Waals surface area contributed by atoms with Crippen molar-refractivity contribution in [3.8, 4) is 11.1 Å². The van der Waals surface area contributed by atoms with Gasteiger partial charge in [-0.25, -0.2) is 0 Å². The number of ether oxygens (including phenoxy) is 1. The number of nitrogens with zero attached hydrogens (tertiary/aromatic N) is 2. The molecule has 1 amide bonds. The summed E-state index contributed by atoms with van der Waals surface area (Å²) in [6, 6.07) is 15.5. The number of amides is 1. The Labute approximate surface area is 193 Å². The average Bonchev–Trinajstić information content (AvgIpc) is 3.03. The van der Waals surface area contributed by atoms with Gasteiger partial charge in [0.15, 0.2) is 0 Å². The molecule has 2 N–H and O–H groups in total. The van der Waals surface area contributed by atoms with Gasteiger partial charge in [-0.15, -0.1) is 0 Å². The predicted molar refractivity (Wildman–Crippen MR) is 128 cm³/mol. The van der Waals surface area contributed by atoms with Crippen molar-refractivity contribution in [2.45, 2.75) is 26.3 Å². The summed E-state index contributed by atoms with van der Waals surface area (Å²) >= 11 is 6.19. The van der Waals surface area contributed by atoms with Crippen molar-refractivity contribution in [3.05, 3.63) is 76.1 Å². The number of nitrogens with two attached hydrogens (primary N) is 1. The van der Waals surface area contributed by atoms with E-state index < -0.39 is 5.91 Å². The summed E-state index contributed by atoms with van der Waals surface area (Å²) < 4.78 is 6.90. The molecule has 0 saturated heterocycles. The second-order valence-corrected chi connectivity index (χ2v) is 8.32. The fourth-order valence-electron chi connectivity index (χ4n) is 3.95. The molecule has 168 valence electrons. The van der Waals surface area contributed by atoms with Crippen LogP contribution in [0.4, 0.5) is 5.69 Å². The second-order valence-electron chi connectivity index (χ2n) is 7.88. The van der Waals surface area contributed by atoms with E-state index in [-0.39, 0.29) is 12.4 Å². The number of methoxy groups -OCH3 is 1. The summed E-state index contributed by atoms with van der Waals surface area (Å²) in [4.78, 5) is 26.5. The zero-order valence-corrected chi connectivity index (χ0v) is 19.6. The molecule has 3 rings (SSSR count). The molecule has 0 aliphatic carbocycles. The first-order chi connectivity index (χ1) is 15.2. The molecule has 0 atom stereocenters. The molecule has 0 aliphatic heterocycles. The Balaban J connectivity index is 2.20. The molecule has 0 aliphatic rings. The van der Waals surface area contributed by atoms with E-state index in [0.717, 1.165) is 33.8 Å². The van der Waals surface area contributed by atoms with Gasteiger partial charge in [0, 0.05) is 48.3 Å². The average molecular weight is 454 g/mol. The van der Waals surface area contributed by atoms with Crippen LogP contribution in [0.2, 0.25) is 5.02 Å². The number of carbonyl (C=O) groups excluding carboxylic acids is 2. The van der Waals surface area contributed by atoms with E-state index in [1.165, 1.54) is 7.11 Å². The molecular formula is C25H28ClN3O3. The van der Waals surface area contributed by atoms with E-state index in [1.54, 1.807) is 0 Å². The number of anilines is 1. The van der Waals surface area contributed by atoms with E-state index in [4.69, 9.17) is 22.1 Å². The molecule has 0 spiro atoms. The maximum Gasteiger partial charge on any atom is 0.305 e. The maximum absolute atomic E-state index is 12.5. The van der Waals surface area contributed by atoms with Crippen molar-refractivity contribution in [2.75, 3.05) is 26.1 Å². The van der Waals surface area contributed by atoms with E-state index >= 15 is 0 Å². The highest BCUT2D eigenvalue weighted by atomic mass is 35.5. The van der Waals surface area contributed by atoms with Gasteiger partial charge in [-0.2, -0.15) is 0 Å². The molecule has 1 heterocycles. The summed E-state index contributed by atoms with van der Waals surface area (Å²) in [5.41, 5.74) is 11.6. The Morgan fingerprint density at radius 1 is 1.12 bits per heavy atom. The second kappa shape index (κ2) is 9.92. The number of esters is 1. The molecule has 6 nitrogen and oxygen atoms in total. The summed E-state index contributed by atoms with van der Waals surface area (Å²) in [6.07, 6.45) is 0.600. The zero-order chi connectivity index (χ0) is 23.4. The standard InChI is InChI=1S/C25H28ClN3O3/c1-16-23(25(27)31)24(18-8-10-20(11-9-18)28(2)3)21(12-13-22(30)32-4)29(16)15-17-6-5-7-19(26)14-17/h5-11,14H,12-13,15H2,1-4H3,(H2,27,31). The first-order valence-corrected chi connectivity index (χ1v) is 10.7. The normalized spacial score (nSPS) is 10.8. The third-order valence-corrected chi connectivity index (χ3v) is 5.81. The lowest BCUT2D eigenvalue weighted by molar-refractivity contribution is -0.140. The van der Waals surface area contributed by atoms with E-state index in [2.05, 4.69) is 0 Å². The Kier molecular flexibility index (Phi) is 7.26. The van der Waals surface area contributed by atoms with E-state index in [9.17, 15) is 9.59 Å². The van der Waals surface area contributed by atoms with Crippen molar-refractivity contribution in [1.82, 2.24) is 4.57 Å². The Hall–Kier alpha value is -3.25. The quantitative estimate of drug-likeness (QED) is 0.511. The minimum atomic E-state index is -0.502. The topological polar surface area (TPSA) is 77.6 Å². The molecule has 2 aromatic carbocycles. The van der Waals surface area contributed by atoms with Crippen LogP contribution in [0.3, 0.4) is 0 Å². The number of hydrogen-bond donors (Lipinski definition) is 1. The summed E-state index contributed by atoms with van der Waals surface area (Å²) in [5.74, 6) is -0.814. The Morgan fingerprint density at radius 2 is 1.81 bits per heavy atom. The van der Waals surface area contributed by atoms with Crippen molar-refractivity contribution in [3.63, 3.8) is 0 Å². The summed E-state index contributed by atoms with van der Waals surface area (Å²) in [5, 5.41) is 0.637. The van der Waals surface area contributed by atoms with Gasteiger partial charge >= 0.3 is 5.97 Å². The predicted octanol–water partition coefficient (Wildman–Crippen LogP) is 4.44. The van der Waals surface area contributed by atoms with Gasteiger partial charge in [0.05, 0.1) is 19.1 Å². The van der Waals surface area contributed by atoms with Gasteiger partial charge in [0.1, 0.15) is 0 Å². The molecule has 0 saturated carbocycles. The number of rotatable bonds is 8. The number of carbonyl (C=O) groups is 2. The highest BCUT2D eigenvalue weighted by molar-refractivity contribution is 6.30. The van der Waals surface area contributed by atoms with Crippen molar-refractivity contribution in [2.24, 2.45) is 5.73 Å². The fraction of sp³-hybridized carbons (Fsp3) is 0.280. The summed E-state index contributed by atoms with van der Waals surface area (Å²) in [6.45, 7) is 2.38. The van der Waals surface area contributed by atoms with Crippen molar-refractivity contribution < 1.29 is 14.3 Å². The van der Waals surface area contributed by atoms with Gasteiger partial charge in [-0.1, -0.05) is 35.9 Å². The minimum Gasteiger partial charge on any atom is -0.469 e. The largest absolute Gasteiger partial charge is 0.469 e. The van der Waals surface area contributed by atoms with Crippen LogP contribution in [0.1, 0.15) is 33.7 Å². The van der Waals surface area contributed by atoms with E-state index in [1.807, 2.05) is 79.0 Å². The van der Waals surface area contributed by atoms with Crippen LogP contribution in [0.25, 0.3) is 11.1 Å². The molecule has 0 fully saturated rings. The monoisotopic (exact) mass is 453 g/mol. The molecule has 1 aromatic heterocycles. The Bertz CT molecular complexity index is 1130. The first-order valence-electron chi connectivity index (χ1n) is 10.3. The number of hydrogen-bond acceptors (Lipinski definition) is 4. The molecule has 0 radical (unpaired) electrons. The van der Waals surface area contributed by atoms with Crippen LogP contribution >= 0.6 is 11.6 Å². The molecule has 0 bridgehead atoms. The maximum atomic E-state index is 12.5. The molecule has 0 unspecified atom stereocenters. The van der Waals surface area contributed by atoms with Crippen LogP contribution in [0, 0.1) is 6.92 Å². The highest BCUT2D eigenvalue weighted by Gasteiger charge is 2.25. The zero-order valence-electron chi connectivity index (χ0n) is 18.8. The highest BCUT2D eigenvalue weighted by Crippen LogP contribution is 2.35. The lowest BCUT2D eigenvalue weighted by atomic mass is 9.97. The number of primary amides is 1. The fourth-order valence-corrected chi connectivity index (χ4v) is 4.16. The van der Waals surface area contributed by atoms with Crippen molar-refractivity contribution in [1.29, 1.82) is 0 Å². The number of aromatic nitrogens is 1.